The van der Waals surface area contributed by atoms with Crippen LogP contribution in [0.1, 0.15) is 36.8 Å². The summed E-state index contributed by atoms with van der Waals surface area (Å²) < 4.78 is 10.8. The van der Waals surface area contributed by atoms with Gasteiger partial charge in [-0.05, 0) is 36.8 Å². The van der Waals surface area contributed by atoms with E-state index in [2.05, 4.69) is 11.4 Å². The van der Waals surface area contributed by atoms with Gasteiger partial charge in [0.25, 0.3) is 0 Å². The van der Waals surface area contributed by atoms with Crippen molar-refractivity contribution in [1.29, 1.82) is 0 Å². The zero-order chi connectivity index (χ0) is 18.4. The third kappa shape index (κ3) is 5.46. The summed E-state index contributed by atoms with van der Waals surface area (Å²) >= 11 is 0. The highest BCUT2D eigenvalue weighted by Gasteiger charge is 2.22. The van der Waals surface area contributed by atoms with E-state index in [4.69, 9.17) is 9.47 Å². The lowest BCUT2D eigenvalue weighted by Gasteiger charge is -2.19. The van der Waals surface area contributed by atoms with Crippen molar-refractivity contribution in [3.8, 4) is 5.75 Å². The van der Waals surface area contributed by atoms with E-state index < -0.39 is 0 Å². The summed E-state index contributed by atoms with van der Waals surface area (Å²) in [6, 6.07) is 6.02. The molecule has 1 heterocycles. The fraction of sp³-hybridized carbons (Fsp3) is 0.600. The van der Waals surface area contributed by atoms with Gasteiger partial charge in [0.2, 0.25) is 11.8 Å². The highest BCUT2D eigenvalue weighted by molar-refractivity contribution is 5.77. The Labute approximate surface area is 154 Å². The number of carbonyl (C=O) groups is 2. The van der Waals surface area contributed by atoms with Crippen molar-refractivity contribution in [3.63, 3.8) is 0 Å². The zero-order valence-electron chi connectivity index (χ0n) is 15.5. The second-order valence-corrected chi connectivity index (χ2v) is 7.10. The molecule has 0 radical (unpaired) electrons. The molecule has 2 amide bonds. The van der Waals surface area contributed by atoms with Gasteiger partial charge in [-0.3, -0.25) is 9.59 Å². The number of rotatable bonds is 8. The van der Waals surface area contributed by atoms with Crippen molar-refractivity contribution in [2.45, 2.75) is 38.6 Å². The number of ether oxygens (including phenoxy) is 2. The molecule has 2 aliphatic rings. The SMILES string of the molecule is COCCC(=O)N1CCOc2ccc(CCC(=O)NCC3CC3)cc2C1. The summed E-state index contributed by atoms with van der Waals surface area (Å²) in [5.74, 6) is 1.71. The normalized spacial score (nSPS) is 16.4. The number of amides is 2. The van der Waals surface area contributed by atoms with Crippen LogP contribution in [0, 0.1) is 5.92 Å². The Hall–Kier alpha value is -2.08. The highest BCUT2D eigenvalue weighted by atomic mass is 16.5. The van der Waals surface area contributed by atoms with Gasteiger partial charge in [0.15, 0.2) is 0 Å². The van der Waals surface area contributed by atoms with Crippen LogP contribution in [0.25, 0.3) is 0 Å². The van der Waals surface area contributed by atoms with E-state index in [0.29, 0.717) is 51.5 Å². The van der Waals surface area contributed by atoms with Gasteiger partial charge < -0.3 is 19.7 Å². The van der Waals surface area contributed by atoms with Gasteiger partial charge in [-0.25, -0.2) is 0 Å². The molecule has 0 spiro atoms. The Morgan fingerprint density at radius 2 is 2.15 bits per heavy atom. The van der Waals surface area contributed by atoms with E-state index in [1.165, 1.54) is 12.8 Å². The molecule has 142 valence electrons. The van der Waals surface area contributed by atoms with Crippen molar-refractivity contribution in [3.05, 3.63) is 29.3 Å². The number of aryl methyl sites for hydroxylation is 1. The molecule has 1 N–H and O–H groups in total. The molecule has 6 nitrogen and oxygen atoms in total. The molecule has 3 rings (SSSR count). The largest absolute Gasteiger partial charge is 0.491 e. The predicted molar refractivity (Wildman–Crippen MR) is 97.9 cm³/mol. The third-order valence-corrected chi connectivity index (χ3v) is 4.90. The Bertz CT molecular complexity index is 643. The first kappa shape index (κ1) is 18.7. The number of nitrogens with one attached hydrogen (secondary N) is 1. The molecule has 1 aliphatic heterocycles. The van der Waals surface area contributed by atoms with Crippen LogP contribution in [0.4, 0.5) is 0 Å². The quantitative estimate of drug-likeness (QED) is 0.769. The fourth-order valence-electron chi connectivity index (χ4n) is 3.09. The molecule has 1 fully saturated rings. The van der Waals surface area contributed by atoms with Crippen LogP contribution in [0.5, 0.6) is 5.75 Å². The van der Waals surface area contributed by atoms with Gasteiger partial charge in [-0.2, -0.15) is 0 Å². The smallest absolute Gasteiger partial charge is 0.225 e. The minimum absolute atomic E-state index is 0.0770. The van der Waals surface area contributed by atoms with Crippen LogP contribution in [-0.4, -0.2) is 50.1 Å². The Balaban J connectivity index is 1.56. The van der Waals surface area contributed by atoms with Gasteiger partial charge in [0.1, 0.15) is 12.4 Å². The Morgan fingerprint density at radius 3 is 2.92 bits per heavy atom. The van der Waals surface area contributed by atoms with Crippen molar-refractivity contribution < 1.29 is 19.1 Å². The number of fused-ring (bicyclic) bond motifs is 1. The van der Waals surface area contributed by atoms with E-state index in [9.17, 15) is 9.59 Å². The number of carbonyl (C=O) groups excluding carboxylic acids is 2. The molecule has 26 heavy (non-hydrogen) atoms. The lowest BCUT2D eigenvalue weighted by Crippen LogP contribution is -2.33. The van der Waals surface area contributed by atoms with Crippen LogP contribution in [0.3, 0.4) is 0 Å². The maximum Gasteiger partial charge on any atom is 0.225 e. The second kappa shape index (κ2) is 9.03. The Kier molecular flexibility index (Phi) is 6.50. The minimum Gasteiger partial charge on any atom is -0.491 e. The maximum atomic E-state index is 12.3. The average molecular weight is 360 g/mol. The molecule has 0 saturated heterocycles. The first-order valence-electron chi connectivity index (χ1n) is 9.43. The molecule has 1 aromatic rings. The summed E-state index contributed by atoms with van der Waals surface area (Å²) in [6.45, 7) is 2.86. The molecular weight excluding hydrogens is 332 g/mol. The molecule has 1 saturated carbocycles. The molecule has 1 aliphatic carbocycles. The third-order valence-electron chi connectivity index (χ3n) is 4.90. The second-order valence-electron chi connectivity index (χ2n) is 7.10. The predicted octanol–water partition coefficient (Wildman–Crippen LogP) is 1.90. The topological polar surface area (TPSA) is 67.9 Å². The molecule has 0 atom stereocenters. The van der Waals surface area contributed by atoms with Crippen molar-refractivity contribution in [2.24, 2.45) is 5.92 Å². The molecule has 6 heteroatoms. The lowest BCUT2D eigenvalue weighted by atomic mass is 10.0. The summed E-state index contributed by atoms with van der Waals surface area (Å²) in [5.41, 5.74) is 2.10. The van der Waals surface area contributed by atoms with Crippen LogP contribution in [0.2, 0.25) is 0 Å². The van der Waals surface area contributed by atoms with Crippen LogP contribution in [-0.2, 0) is 27.3 Å². The van der Waals surface area contributed by atoms with Crippen molar-refractivity contribution >= 4 is 11.8 Å². The standard InChI is InChI=1S/C20H28N2O4/c1-25-10-8-20(24)22-9-11-26-18-6-4-15(12-17(18)14-22)5-7-19(23)21-13-16-2-3-16/h4,6,12,16H,2-3,5,7-11,13-14H2,1H3,(H,21,23). The first-order chi connectivity index (χ1) is 12.7. The summed E-state index contributed by atoms with van der Waals surface area (Å²) in [4.78, 5) is 26.0. The van der Waals surface area contributed by atoms with Gasteiger partial charge in [0.05, 0.1) is 19.6 Å². The summed E-state index contributed by atoms with van der Waals surface area (Å²) in [5, 5.41) is 3.00. The van der Waals surface area contributed by atoms with Gasteiger partial charge in [-0.1, -0.05) is 12.1 Å². The van der Waals surface area contributed by atoms with Crippen LogP contribution >= 0.6 is 0 Å². The van der Waals surface area contributed by atoms with Crippen LogP contribution < -0.4 is 10.1 Å². The molecular formula is C20H28N2O4. The Morgan fingerprint density at radius 1 is 1.31 bits per heavy atom. The summed E-state index contributed by atoms with van der Waals surface area (Å²) in [7, 11) is 1.60. The van der Waals surface area contributed by atoms with Crippen LogP contribution in [0.15, 0.2) is 18.2 Å². The van der Waals surface area contributed by atoms with Gasteiger partial charge in [0, 0.05) is 32.2 Å². The van der Waals surface area contributed by atoms with Crippen molar-refractivity contribution in [1.82, 2.24) is 10.2 Å². The molecule has 0 bridgehead atoms. The van der Waals surface area contributed by atoms with Gasteiger partial charge >= 0.3 is 0 Å². The average Bonchev–Trinajstić information content (AvgIpc) is 3.48. The number of nitrogens with zero attached hydrogens (tertiary/aromatic N) is 1. The maximum absolute atomic E-state index is 12.3. The van der Waals surface area contributed by atoms with E-state index in [1.54, 1.807) is 7.11 Å². The van der Waals surface area contributed by atoms with E-state index in [1.807, 2.05) is 17.0 Å². The summed E-state index contributed by atoms with van der Waals surface area (Å²) in [6.07, 6.45) is 4.05. The van der Waals surface area contributed by atoms with E-state index >= 15 is 0 Å². The number of hydrogen-bond donors (Lipinski definition) is 1. The number of methoxy groups -OCH3 is 1. The number of benzene rings is 1. The lowest BCUT2D eigenvalue weighted by molar-refractivity contribution is -0.132. The van der Waals surface area contributed by atoms with E-state index in [-0.39, 0.29) is 11.8 Å². The molecule has 1 aromatic carbocycles. The minimum atomic E-state index is 0.0770. The van der Waals surface area contributed by atoms with Crippen molar-refractivity contribution in [2.75, 3.05) is 33.4 Å². The molecule has 0 unspecified atom stereocenters. The first-order valence-corrected chi connectivity index (χ1v) is 9.43. The fourth-order valence-corrected chi connectivity index (χ4v) is 3.09. The molecule has 0 aromatic heterocycles. The van der Waals surface area contributed by atoms with E-state index in [0.717, 1.165) is 23.4 Å². The zero-order valence-corrected chi connectivity index (χ0v) is 15.5. The highest BCUT2D eigenvalue weighted by Crippen LogP contribution is 2.28. The monoisotopic (exact) mass is 360 g/mol. The number of hydrogen-bond acceptors (Lipinski definition) is 4. The van der Waals surface area contributed by atoms with Gasteiger partial charge in [-0.15, -0.1) is 0 Å².